The molecule has 3 rings (SSSR count). The van der Waals surface area contributed by atoms with Gasteiger partial charge in [0.2, 0.25) is 0 Å². The number of fused-ring (bicyclic) bond motifs is 1. The molecule has 0 amide bonds. The molecule has 0 radical (unpaired) electrons. The molecule has 0 aliphatic carbocycles. The Morgan fingerprint density at radius 1 is 1.15 bits per heavy atom. The number of carbonyl (C=O) groups is 1. The first-order chi connectivity index (χ1) is 9.74. The van der Waals surface area contributed by atoms with Gasteiger partial charge in [0.25, 0.3) is 0 Å². The Kier molecular flexibility index (Phi) is 3.90. The zero-order valence-corrected chi connectivity index (χ0v) is 12.8. The van der Waals surface area contributed by atoms with Crippen LogP contribution in [0.1, 0.15) is 22.8 Å². The first-order valence-electron chi connectivity index (χ1n) is 6.43. The highest BCUT2D eigenvalue weighted by Crippen LogP contribution is 2.31. The Morgan fingerprint density at radius 2 is 2.00 bits per heavy atom. The minimum absolute atomic E-state index is 0.119. The summed E-state index contributed by atoms with van der Waals surface area (Å²) in [5.74, 6) is 1.05. The molecule has 0 atom stereocenters. The Bertz CT molecular complexity index is 758. The van der Waals surface area contributed by atoms with Gasteiger partial charge in [-0.05, 0) is 41.5 Å². The van der Waals surface area contributed by atoms with Gasteiger partial charge in [-0.25, -0.2) is 0 Å². The third-order valence-electron chi connectivity index (χ3n) is 3.20. The average molecular weight is 298 g/mol. The van der Waals surface area contributed by atoms with Crippen molar-refractivity contribution in [3.63, 3.8) is 0 Å². The van der Waals surface area contributed by atoms with Crippen LogP contribution in [0.5, 0.6) is 0 Å². The summed E-state index contributed by atoms with van der Waals surface area (Å²) >= 11 is 3.57. The second-order valence-corrected chi connectivity index (χ2v) is 6.59. The molecule has 20 heavy (non-hydrogen) atoms. The largest absolute Gasteiger partial charge is 0.295 e. The topological polar surface area (TPSA) is 17.1 Å². The normalized spacial score (nSPS) is 10.8. The van der Waals surface area contributed by atoms with E-state index in [2.05, 4.69) is 35.7 Å². The molecule has 100 valence electrons. The first kappa shape index (κ1) is 13.4. The van der Waals surface area contributed by atoms with E-state index in [0.717, 1.165) is 16.2 Å². The second-order valence-electron chi connectivity index (χ2n) is 4.63. The van der Waals surface area contributed by atoms with Crippen LogP contribution in [0, 0.1) is 0 Å². The summed E-state index contributed by atoms with van der Waals surface area (Å²) in [4.78, 5) is 12.5. The van der Waals surface area contributed by atoms with Crippen LogP contribution in [0.2, 0.25) is 0 Å². The van der Waals surface area contributed by atoms with Crippen molar-refractivity contribution in [2.24, 2.45) is 0 Å². The van der Waals surface area contributed by atoms with Crippen LogP contribution >= 0.6 is 23.1 Å². The van der Waals surface area contributed by atoms with Crippen LogP contribution in [-0.2, 0) is 5.75 Å². The maximum atomic E-state index is 11.4. The predicted molar refractivity (Wildman–Crippen MR) is 87.8 cm³/mol. The zero-order valence-electron chi connectivity index (χ0n) is 11.1. The fourth-order valence-electron chi connectivity index (χ4n) is 2.11. The molecule has 3 aromatic rings. The lowest BCUT2D eigenvalue weighted by Crippen LogP contribution is -1.91. The van der Waals surface area contributed by atoms with E-state index in [9.17, 15) is 4.79 Å². The van der Waals surface area contributed by atoms with E-state index in [1.165, 1.54) is 15.6 Å². The van der Waals surface area contributed by atoms with E-state index in [1.54, 1.807) is 30.0 Å². The van der Waals surface area contributed by atoms with Crippen molar-refractivity contribution in [1.82, 2.24) is 0 Å². The van der Waals surface area contributed by atoms with Crippen LogP contribution in [0.3, 0.4) is 0 Å². The number of hydrogen-bond acceptors (Lipinski definition) is 3. The van der Waals surface area contributed by atoms with Gasteiger partial charge >= 0.3 is 0 Å². The van der Waals surface area contributed by atoms with Crippen molar-refractivity contribution < 1.29 is 4.79 Å². The highest BCUT2D eigenvalue weighted by Gasteiger charge is 2.05. The van der Waals surface area contributed by atoms with E-state index in [1.807, 2.05) is 18.2 Å². The highest BCUT2D eigenvalue weighted by atomic mass is 32.2. The molecule has 0 aliphatic heterocycles. The molecule has 1 aromatic heterocycles. The number of ketones is 1. The van der Waals surface area contributed by atoms with Gasteiger partial charge in [0.1, 0.15) is 0 Å². The van der Waals surface area contributed by atoms with Crippen LogP contribution in [0.25, 0.3) is 10.1 Å². The van der Waals surface area contributed by atoms with Crippen molar-refractivity contribution in [3.8, 4) is 0 Å². The minimum atomic E-state index is 0.119. The van der Waals surface area contributed by atoms with Crippen molar-refractivity contribution in [2.45, 2.75) is 17.6 Å². The van der Waals surface area contributed by atoms with Crippen LogP contribution in [-0.4, -0.2) is 5.78 Å². The summed E-state index contributed by atoms with van der Waals surface area (Å²) in [6.07, 6.45) is 0. The summed E-state index contributed by atoms with van der Waals surface area (Å²) in [7, 11) is 0. The predicted octanol–water partition coefficient (Wildman–Crippen LogP) is 5.40. The fraction of sp³-hybridized carbons (Fsp3) is 0.118. The van der Waals surface area contributed by atoms with Gasteiger partial charge in [0.15, 0.2) is 5.78 Å². The molecule has 3 heteroatoms. The number of rotatable bonds is 4. The van der Waals surface area contributed by atoms with E-state index in [0.29, 0.717) is 0 Å². The number of hydrogen-bond donors (Lipinski definition) is 0. The molecule has 0 fully saturated rings. The van der Waals surface area contributed by atoms with Crippen LogP contribution in [0.15, 0.2) is 58.8 Å². The van der Waals surface area contributed by atoms with Gasteiger partial charge in [0, 0.05) is 20.9 Å². The molecular formula is C17H14OS2. The molecule has 0 saturated heterocycles. The number of thioether (sulfide) groups is 1. The first-order valence-corrected chi connectivity index (χ1v) is 8.29. The van der Waals surface area contributed by atoms with E-state index >= 15 is 0 Å². The standard InChI is InChI=1S/C17H14OS2/c1-12(18)13-5-4-6-15(9-13)19-10-14-11-20-17-8-3-2-7-16(14)17/h2-9,11H,10H2,1H3. The minimum Gasteiger partial charge on any atom is -0.295 e. The third kappa shape index (κ3) is 2.79. The quantitative estimate of drug-likeness (QED) is 0.474. The lowest BCUT2D eigenvalue weighted by Gasteiger charge is -2.03. The fourth-order valence-corrected chi connectivity index (χ4v) is 4.12. The van der Waals surface area contributed by atoms with Gasteiger partial charge in [-0.2, -0.15) is 0 Å². The van der Waals surface area contributed by atoms with Gasteiger partial charge in [-0.1, -0.05) is 30.3 Å². The van der Waals surface area contributed by atoms with Gasteiger partial charge in [-0.3, -0.25) is 4.79 Å². The molecular weight excluding hydrogens is 284 g/mol. The SMILES string of the molecule is CC(=O)c1cccc(SCc2csc3ccccc23)c1. The molecule has 2 aromatic carbocycles. The molecule has 0 unspecified atom stereocenters. The van der Waals surface area contributed by atoms with Crippen LogP contribution < -0.4 is 0 Å². The average Bonchev–Trinajstić information content (AvgIpc) is 2.89. The van der Waals surface area contributed by atoms with Crippen molar-refractivity contribution in [3.05, 3.63) is 65.0 Å². The second kappa shape index (κ2) is 5.81. The van der Waals surface area contributed by atoms with Crippen molar-refractivity contribution in [1.29, 1.82) is 0 Å². The maximum Gasteiger partial charge on any atom is 0.159 e. The summed E-state index contributed by atoms with van der Waals surface area (Å²) in [5.41, 5.74) is 2.15. The summed E-state index contributed by atoms with van der Waals surface area (Å²) in [6, 6.07) is 16.3. The molecule has 0 aliphatic rings. The number of benzene rings is 2. The Morgan fingerprint density at radius 3 is 2.85 bits per heavy atom. The van der Waals surface area contributed by atoms with Gasteiger partial charge in [-0.15, -0.1) is 23.1 Å². The number of carbonyl (C=O) groups excluding carboxylic acids is 1. The molecule has 1 heterocycles. The zero-order chi connectivity index (χ0) is 13.9. The summed E-state index contributed by atoms with van der Waals surface area (Å²) < 4.78 is 1.33. The number of thiophene rings is 1. The molecule has 0 saturated carbocycles. The third-order valence-corrected chi connectivity index (χ3v) is 5.25. The Balaban J connectivity index is 1.79. The Labute approximate surface area is 126 Å². The lowest BCUT2D eigenvalue weighted by atomic mass is 10.2. The smallest absolute Gasteiger partial charge is 0.159 e. The molecule has 1 nitrogen and oxygen atoms in total. The lowest BCUT2D eigenvalue weighted by molar-refractivity contribution is 0.101. The summed E-state index contributed by atoms with van der Waals surface area (Å²) in [6.45, 7) is 1.61. The van der Waals surface area contributed by atoms with Crippen LogP contribution in [0.4, 0.5) is 0 Å². The monoisotopic (exact) mass is 298 g/mol. The number of Topliss-reactive ketones (excluding diaryl/α,β-unsaturated/α-hetero) is 1. The van der Waals surface area contributed by atoms with Gasteiger partial charge < -0.3 is 0 Å². The Hall–Kier alpha value is -1.58. The maximum absolute atomic E-state index is 11.4. The van der Waals surface area contributed by atoms with Crippen molar-refractivity contribution in [2.75, 3.05) is 0 Å². The highest BCUT2D eigenvalue weighted by molar-refractivity contribution is 7.98. The van der Waals surface area contributed by atoms with E-state index in [4.69, 9.17) is 0 Å². The van der Waals surface area contributed by atoms with Gasteiger partial charge in [0.05, 0.1) is 0 Å². The molecule has 0 spiro atoms. The van der Waals surface area contributed by atoms with Crippen molar-refractivity contribution >= 4 is 39.0 Å². The molecule has 0 N–H and O–H groups in total. The summed E-state index contributed by atoms with van der Waals surface area (Å²) in [5, 5.41) is 3.57. The van der Waals surface area contributed by atoms with E-state index < -0.39 is 0 Å². The van der Waals surface area contributed by atoms with E-state index in [-0.39, 0.29) is 5.78 Å². The molecule has 0 bridgehead atoms.